The van der Waals surface area contributed by atoms with E-state index in [2.05, 4.69) is 0 Å². The largest absolute Gasteiger partial charge is 0.745 e. The van der Waals surface area contributed by atoms with Crippen LogP contribution in [-0.4, -0.2) is 47.4 Å². The molecule has 0 amide bonds. The number of ether oxygens (including phenoxy) is 1. The first-order valence-corrected chi connectivity index (χ1v) is 9.67. The number of alkyl halides is 4. The van der Waals surface area contributed by atoms with Gasteiger partial charge in [-0.2, -0.15) is 13.2 Å². The molecule has 4 aliphatic rings. The summed E-state index contributed by atoms with van der Waals surface area (Å²) >= 11 is 0. The van der Waals surface area contributed by atoms with E-state index < -0.39 is 44.7 Å². The molecule has 3 unspecified atom stereocenters. The molecule has 4 aliphatic carbocycles. The lowest BCUT2D eigenvalue weighted by Gasteiger charge is -2.59. The Balaban J connectivity index is 1.68. The zero-order valence-electron chi connectivity index (χ0n) is 13.7. The quantitative estimate of drug-likeness (QED) is 0.428. The van der Waals surface area contributed by atoms with Gasteiger partial charge >= 0.3 is 17.1 Å². The molecule has 1 N–H and O–H groups in total. The third-order valence-corrected chi connectivity index (χ3v) is 7.05. The van der Waals surface area contributed by atoms with Crippen LogP contribution in [0.2, 0.25) is 0 Å². The zero-order valence-corrected chi connectivity index (χ0v) is 14.5. The highest BCUT2D eigenvalue weighted by molar-refractivity contribution is 7.87. The maximum atomic E-state index is 13.8. The van der Waals surface area contributed by atoms with Crippen LogP contribution in [0.1, 0.15) is 44.9 Å². The number of hydrogen-bond acceptors (Lipinski definition) is 6. The van der Waals surface area contributed by atoms with Crippen LogP contribution in [0.4, 0.5) is 17.6 Å². The summed E-state index contributed by atoms with van der Waals surface area (Å²) in [6.45, 7) is -0.325. The van der Waals surface area contributed by atoms with Crippen molar-refractivity contribution in [3.05, 3.63) is 0 Å². The second-order valence-corrected chi connectivity index (χ2v) is 9.76. The topological polar surface area (TPSA) is 104 Å². The summed E-state index contributed by atoms with van der Waals surface area (Å²) in [4.78, 5) is 11.7. The average molecular weight is 403 g/mol. The lowest BCUT2D eigenvalue weighted by Crippen LogP contribution is -2.57. The van der Waals surface area contributed by atoms with Gasteiger partial charge in [0.1, 0.15) is 16.5 Å². The minimum atomic E-state index is -6.47. The summed E-state index contributed by atoms with van der Waals surface area (Å²) in [5.41, 5.74) is -1.48. The molecule has 3 atom stereocenters. The molecule has 0 spiro atoms. The molecule has 150 valence electrons. The highest BCUT2D eigenvalue weighted by Gasteiger charge is 2.63. The van der Waals surface area contributed by atoms with Crippen LogP contribution >= 0.6 is 0 Å². The second-order valence-electron chi connectivity index (χ2n) is 8.20. The average Bonchev–Trinajstić information content (AvgIpc) is 2.40. The van der Waals surface area contributed by atoms with Gasteiger partial charge in [0, 0.05) is 5.41 Å². The first-order chi connectivity index (χ1) is 11.7. The molecule has 6 nitrogen and oxygen atoms in total. The summed E-state index contributed by atoms with van der Waals surface area (Å²) in [5.74, 6) is -1.28. The Morgan fingerprint density at radius 3 is 2.12 bits per heavy atom. The van der Waals surface area contributed by atoms with Gasteiger partial charge in [-0.1, -0.05) is 0 Å². The van der Waals surface area contributed by atoms with Crippen molar-refractivity contribution in [1.82, 2.24) is 0 Å². The summed E-state index contributed by atoms with van der Waals surface area (Å²) in [6.07, 6.45) is -4.48. The van der Waals surface area contributed by atoms with Crippen molar-refractivity contribution in [1.29, 1.82) is 0 Å². The van der Waals surface area contributed by atoms with Gasteiger partial charge in [0.05, 0.1) is 12.2 Å². The minimum absolute atomic E-state index is 0.234. The van der Waals surface area contributed by atoms with E-state index in [4.69, 9.17) is 4.74 Å². The van der Waals surface area contributed by atoms with Crippen LogP contribution in [-0.2, 0) is 19.6 Å². The number of aliphatic hydroxyl groups is 1. The van der Waals surface area contributed by atoms with Gasteiger partial charge in [-0.3, -0.25) is 4.79 Å². The molecule has 4 saturated carbocycles. The molecule has 4 bridgehead atoms. The molecule has 0 aromatic carbocycles. The molecule has 0 aromatic heterocycles. The van der Waals surface area contributed by atoms with Crippen molar-refractivity contribution in [2.45, 2.75) is 61.7 Å². The minimum Gasteiger partial charge on any atom is -0.745 e. The van der Waals surface area contributed by atoms with E-state index >= 15 is 0 Å². The van der Waals surface area contributed by atoms with Crippen molar-refractivity contribution in [3.8, 4) is 0 Å². The summed E-state index contributed by atoms with van der Waals surface area (Å²) in [6, 6.07) is 0. The van der Waals surface area contributed by atoms with Gasteiger partial charge in [-0.25, -0.2) is 12.8 Å². The van der Waals surface area contributed by atoms with Gasteiger partial charge in [-0.15, -0.1) is 0 Å². The fraction of sp³-hybridized carbons (Fsp3) is 0.933. The number of rotatable bonds is 5. The fourth-order valence-electron chi connectivity index (χ4n) is 5.37. The predicted octanol–water partition coefficient (Wildman–Crippen LogP) is 2.02. The van der Waals surface area contributed by atoms with Crippen molar-refractivity contribution >= 4 is 16.1 Å². The van der Waals surface area contributed by atoms with Crippen molar-refractivity contribution in [3.63, 3.8) is 0 Å². The number of hydrogen-bond donors (Lipinski definition) is 1. The number of carbonyl (C=O) groups excluding carboxylic acids is 1. The van der Waals surface area contributed by atoms with E-state index in [9.17, 15) is 40.4 Å². The van der Waals surface area contributed by atoms with Crippen LogP contribution in [0.15, 0.2) is 0 Å². The van der Waals surface area contributed by atoms with Crippen LogP contribution < -0.4 is 0 Å². The monoisotopic (exact) mass is 403 g/mol. The van der Waals surface area contributed by atoms with Crippen LogP contribution in [0.3, 0.4) is 0 Å². The predicted molar refractivity (Wildman–Crippen MR) is 77.2 cm³/mol. The Morgan fingerprint density at radius 2 is 1.69 bits per heavy atom. The first kappa shape index (κ1) is 19.8. The Bertz CT molecular complexity index is 691. The number of halogens is 4. The fourth-order valence-corrected chi connectivity index (χ4v) is 5.95. The van der Waals surface area contributed by atoms with E-state index in [0.29, 0.717) is 32.1 Å². The molecule has 4 fully saturated rings. The standard InChI is InChI=1S/C15H20F4O6S/c16-14(15(17,18)19,26(22,23)24)6-11(20)25-8-12-2-9-1-10(3-12)5-13(21,4-9)7-12/h9-10,21H,1-8H2,(H,22,23,24)/p-1. The van der Waals surface area contributed by atoms with E-state index in [-0.39, 0.29) is 18.4 Å². The lowest BCUT2D eigenvalue weighted by atomic mass is 9.48. The number of esters is 1. The molecule has 26 heavy (non-hydrogen) atoms. The Labute approximate surface area is 147 Å². The third-order valence-electron chi connectivity index (χ3n) is 5.88. The SMILES string of the molecule is O=C(CC(F)(C(F)(F)F)S(=O)(=O)[O-])OCC12CC3CC(CC(O)(C3)C1)C2. The molecular formula is C15H19F4O6S-. The summed E-state index contributed by atoms with van der Waals surface area (Å²) in [7, 11) is -6.47. The Kier molecular flexibility index (Phi) is 4.40. The smallest absolute Gasteiger partial charge is 0.436 e. The molecule has 0 saturated heterocycles. The zero-order chi connectivity index (χ0) is 19.6. The molecule has 11 heteroatoms. The van der Waals surface area contributed by atoms with Gasteiger partial charge in [0.25, 0.3) is 0 Å². The van der Waals surface area contributed by atoms with Gasteiger partial charge in [0.15, 0.2) is 0 Å². The molecule has 0 radical (unpaired) electrons. The summed E-state index contributed by atoms with van der Waals surface area (Å²) in [5, 5.41) is 5.34. The second kappa shape index (κ2) is 5.78. The van der Waals surface area contributed by atoms with Gasteiger partial charge in [-0.05, 0) is 50.4 Å². The van der Waals surface area contributed by atoms with Gasteiger partial charge in [0.2, 0.25) is 0 Å². The van der Waals surface area contributed by atoms with Crippen molar-refractivity contribution < 1.29 is 45.2 Å². The molecule has 0 heterocycles. The van der Waals surface area contributed by atoms with E-state index in [0.717, 1.165) is 6.42 Å². The van der Waals surface area contributed by atoms with Crippen LogP contribution in [0.5, 0.6) is 0 Å². The molecular weight excluding hydrogens is 384 g/mol. The molecule has 4 rings (SSSR count). The molecule has 0 aliphatic heterocycles. The summed E-state index contributed by atoms with van der Waals surface area (Å²) < 4.78 is 88.7. The van der Waals surface area contributed by atoms with Crippen LogP contribution in [0, 0.1) is 17.3 Å². The first-order valence-electron chi connectivity index (χ1n) is 8.26. The van der Waals surface area contributed by atoms with E-state index in [1.807, 2.05) is 0 Å². The number of carbonyl (C=O) groups is 1. The van der Waals surface area contributed by atoms with Crippen LogP contribution in [0.25, 0.3) is 0 Å². The third kappa shape index (κ3) is 3.33. The lowest BCUT2D eigenvalue weighted by molar-refractivity contribution is -0.210. The van der Waals surface area contributed by atoms with Crippen molar-refractivity contribution in [2.75, 3.05) is 6.61 Å². The maximum absolute atomic E-state index is 13.8. The van der Waals surface area contributed by atoms with Crippen molar-refractivity contribution in [2.24, 2.45) is 17.3 Å². The van der Waals surface area contributed by atoms with E-state index in [1.165, 1.54) is 0 Å². The highest BCUT2D eigenvalue weighted by atomic mass is 32.2. The maximum Gasteiger partial charge on any atom is 0.436 e. The Hall–Kier alpha value is -0.940. The molecule has 0 aromatic rings. The van der Waals surface area contributed by atoms with E-state index in [1.54, 1.807) is 0 Å². The Morgan fingerprint density at radius 1 is 1.15 bits per heavy atom. The normalized spacial score (nSPS) is 38.8. The van der Waals surface area contributed by atoms with Gasteiger partial charge < -0.3 is 14.4 Å². The highest BCUT2D eigenvalue weighted by Crippen LogP contribution is 2.61.